The molecule has 1 N–H and O–H groups in total. The minimum atomic E-state index is -1.65. The number of nitrogens with one attached hydrogen (secondary N) is 1. The average molecular weight is 161 g/mol. The monoisotopic (exact) mass is 161 g/mol. The van der Waals surface area contributed by atoms with Crippen LogP contribution < -0.4 is 5.32 Å². The predicted octanol–water partition coefficient (Wildman–Crippen LogP) is 1.09. The molecule has 0 unspecified atom stereocenters. The van der Waals surface area contributed by atoms with Crippen molar-refractivity contribution in [3.63, 3.8) is 0 Å². The molecular formula is C7H9F2NO. The largest absolute Gasteiger partial charge is 0.303 e. The molecule has 0 aromatic heterocycles. The van der Waals surface area contributed by atoms with Gasteiger partial charge < -0.3 is 5.32 Å². The van der Waals surface area contributed by atoms with E-state index in [4.69, 9.17) is 0 Å². The van der Waals surface area contributed by atoms with E-state index in [1.807, 2.05) is 0 Å². The number of hydrogen-bond acceptors (Lipinski definition) is 2. The molecule has 1 aliphatic rings. The number of ketones is 1. The van der Waals surface area contributed by atoms with Gasteiger partial charge in [-0.15, -0.1) is 0 Å². The lowest BCUT2D eigenvalue weighted by atomic mass is 10.1. The van der Waals surface area contributed by atoms with E-state index in [0.29, 0.717) is 0 Å². The third kappa shape index (κ3) is 1.83. The van der Waals surface area contributed by atoms with Crippen molar-refractivity contribution in [1.29, 1.82) is 0 Å². The van der Waals surface area contributed by atoms with Crippen LogP contribution in [0.4, 0.5) is 8.78 Å². The standard InChI is InChI=1S/C7H9F2NO/c1-4(11)6-2-5(3-10-6)7(8)9/h6,10H,2-3H2,1H3/t6-/m0/s1. The van der Waals surface area contributed by atoms with Crippen LogP contribution in [-0.4, -0.2) is 18.4 Å². The number of carbonyl (C=O) groups is 1. The van der Waals surface area contributed by atoms with Crippen LogP contribution in [0.15, 0.2) is 11.7 Å². The molecule has 1 rings (SSSR count). The van der Waals surface area contributed by atoms with Gasteiger partial charge in [0.15, 0.2) is 0 Å². The molecule has 11 heavy (non-hydrogen) atoms. The van der Waals surface area contributed by atoms with Gasteiger partial charge in [0, 0.05) is 12.1 Å². The van der Waals surface area contributed by atoms with E-state index >= 15 is 0 Å². The molecule has 0 amide bonds. The summed E-state index contributed by atoms with van der Waals surface area (Å²) in [5.74, 6) is -0.0822. The fourth-order valence-corrected chi connectivity index (χ4v) is 1.07. The first-order valence-electron chi connectivity index (χ1n) is 3.38. The van der Waals surface area contributed by atoms with Crippen molar-refractivity contribution in [2.24, 2.45) is 0 Å². The number of Topliss-reactive ketones (excluding diaryl/α,β-unsaturated/α-hetero) is 1. The lowest BCUT2D eigenvalue weighted by Crippen LogP contribution is -2.28. The Hall–Kier alpha value is -0.770. The summed E-state index contributed by atoms with van der Waals surface area (Å²) >= 11 is 0. The minimum absolute atomic E-state index is 0.0604. The van der Waals surface area contributed by atoms with E-state index in [0.717, 1.165) is 0 Å². The second-order valence-electron chi connectivity index (χ2n) is 2.61. The molecule has 4 heteroatoms. The van der Waals surface area contributed by atoms with Gasteiger partial charge in [-0.2, -0.15) is 8.78 Å². The summed E-state index contributed by atoms with van der Waals surface area (Å²) in [6, 6.07) is -0.397. The molecule has 62 valence electrons. The summed E-state index contributed by atoms with van der Waals surface area (Å²) < 4.78 is 23.8. The predicted molar refractivity (Wildman–Crippen MR) is 36.3 cm³/mol. The molecule has 0 aromatic carbocycles. The number of hydrogen-bond donors (Lipinski definition) is 1. The van der Waals surface area contributed by atoms with Crippen molar-refractivity contribution in [2.45, 2.75) is 19.4 Å². The molecule has 0 spiro atoms. The Morgan fingerprint density at radius 1 is 1.64 bits per heavy atom. The van der Waals surface area contributed by atoms with Gasteiger partial charge in [0.1, 0.15) is 5.78 Å². The number of carbonyl (C=O) groups excluding carboxylic acids is 1. The summed E-state index contributed by atoms with van der Waals surface area (Å²) in [4.78, 5) is 10.7. The summed E-state index contributed by atoms with van der Waals surface area (Å²) in [6.45, 7) is 1.54. The van der Waals surface area contributed by atoms with Crippen molar-refractivity contribution >= 4 is 5.78 Å². The Morgan fingerprint density at radius 2 is 2.27 bits per heavy atom. The second kappa shape index (κ2) is 3.09. The molecular weight excluding hydrogens is 152 g/mol. The zero-order valence-electron chi connectivity index (χ0n) is 6.16. The average Bonchev–Trinajstić information content (AvgIpc) is 2.33. The van der Waals surface area contributed by atoms with E-state index in [2.05, 4.69) is 5.32 Å². The molecule has 0 aliphatic carbocycles. The Morgan fingerprint density at radius 3 is 2.55 bits per heavy atom. The summed E-state index contributed by atoms with van der Waals surface area (Å²) in [6.07, 6.45) is -1.49. The van der Waals surface area contributed by atoms with Crippen LogP contribution >= 0.6 is 0 Å². The van der Waals surface area contributed by atoms with E-state index < -0.39 is 12.1 Å². The number of halogens is 2. The molecule has 0 aromatic rings. The van der Waals surface area contributed by atoms with Crippen LogP contribution in [-0.2, 0) is 4.79 Å². The normalized spacial score (nSPS) is 23.9. The zero-order chi connectivity index (χ0) is 8.43. The van der Waals surface area contributed by atoms with Crippen LogP contribution in [0.2, 0.25) is 0 Å². The highest BCUT2D eigenvalue weighted by Gasteiger charge is 2.24. The number of rotatable bonds is 1. The molecule has 2 nitrogen and oxygen atoms in total. The molecule has 1 atom stereocenters. The minimum Gasteiger partial charge on any atom is -0.303 e. The summed E-state index contributed by atoms with van der Waals surface area (Å²) in [5.41, 5.74) is 0.0604. The van der Waals surface area contributed by atoms with Gasteiger partial charge in [-0.05, 0) is 13.3 Å². The highest BCUT2D eigenvalue weighted by molar-refractivity contribution is 5.82. The first-order valence-corrected chi connectivity index (χ1v) is 3.38. The second-order valence-corrected chi connectivity index (χ2v) is 2.61. The maximum atomic E-state index is 11.9. The molecule has 1 saturated heterocycles. The third-order valence-corrected chi connectivity index (χ3v) is 1.77. The Bertz CT molecular complexity index is 208. The first-order chi connectivity index (χ1) is 5.11. The van der Waals surface area contributed by atoms with Crippen molar-refractivity contribution in [3.8, 4) is 0 Å². The fourth-order valence-electron chi connectivity index (χ4n) is 1.07. The van der Waals surface area contributed by atoms with Gasteiger partial charge in [0.2, 0.25) is 0 Å². The summed E-state index contributed by atoms with van der Waals surface area (Å²) in [5, 5.41) is 2.70. The Balaban J connectivity index is 2.61. The van der Waals surface area contributed by atoms with Crippen molar-refractivity contribution in [1.82, 2.24) is 5.32 Å². The van der Waals surface area contributed by atoms with Crippen LogP contribution in [0.1, 0.15) is 13.3 Å². The SMILES string of the molecule is CC(=O)[C@@H]1CC(=C(F)F)CN1. The van der Waals surface area contributed by atoms with Gasteiger partial charge in [0.05, 0.1) is 6.04 Å². The van der Waals surface area contributed by atoms with Gasteiger partial charge in [-0.1, -0.05) is 0 Å². The lowest BCUT2D eigenvalue weighted by Gasteiger charge is -2.01. The van der Waals surface area contributed by atoms with Crippen molar-refractivity contribution in [2.75, 3.05) is 6.54 Å². The highest BCUT2D eigenvalue weighted by atomic mass is 19.3. The molecule has 1 fully saturated rings. The maximum Gasteiger partial charge on any atom is 0.270 e. The van der Waals surface area contributed by atoms with Gasteiger partial charge in [-0.3, -0.25) is 4.79 Å². The lowest BCUT2D eigenvalue weighted by molar-refractivity contribution is -0.118. The Kier molecular flexibility index (Phi) is 2.34. The molecule has 0 radical (unpaired) electrons. The van der Waals surface area contributed by atoms with E-state index in [-0.39, 0.29) is 24.3 Å². The van der Waals surface area contributed by atoms with E-state index in [9.17, 15) is 13.6 Å². The Labute approximate surface area is 63.3 Å². The van der Waals surface area contributed by atoms with Gasteiger partial charge in [0.25, 0.3) is 6.08 Å². The quantitative estimate of drug-likeness (QED) is 0.623. The molecule has 0 bridgehead atoms. The van der Waals surface area contributed by atoms with Crippen molar-refractivity contribution in [3.05, 3.63) is 11.7 Å². The van der Waals surface area contributed by atoms with Crippen LogP contribution in [0.25, 0.3) is 0 Å². The zero-order valence-corrected chi connectivity index (χ0v) is 6.16. The third-order valence-electron chi connectivity index (χ3n) is 1.77. The first kappa shape index (κ1) is 8.33. The molecule has 1 heterocycles. The van der Waals surface area contributed by atoms with E-state index in [1.165, 1.54) is 6.92 Å². The smallest absolute Gasteiger partial charge is 0.270 e. The molecule has 0 saturated carbocycles. The topological polar surface area (TPSA) is 29.1 Å². The van der Waals surface area contributed by atoms with Crippen molar-refractivity contribution < 1.29 is 13.6 Å². The van der Waals surface area contributed by atoms with Crippen LogP contribution in [0.5, 0.6) is 0 Å². The van der Waals surface area contributed by atoms with Gasteiger partial charge in [-0.25, -0.2) is 0 Å². The fraction of sp³-hybridized carbons (Fsp3) is 0.571. The highest BCUT2D eigenvalue weighted by Crippen LogP contribution is 2.18. The van der Waals surface area contributed by atoms with Crippen LogP contribution in [0.3, 0.4) is 0 Å². The van der Waals surface area contributed by atoms with Crippen LogP contribution in [0, 0.1) is 0 Å². The van der Waals surface area contributed by atoms with E-state index in [1.54, 1.807) is 0 Å². The maximum absolute atomic E-state index is 11.9. The summed E-state index contributed by atoms with van der Waals surface area (Å²) in [7, 11) is 0. The van der Waals surface area contributed by atoms with Gasteiger partial charge >= 0.3 is 0 Å². The molecule has 1 aliphatic heterocycles.